The van der Waals surface area contributed by atoms with Gasteiger partial charge in [-0.25, -0.2) is 0 Å². The van der Waals surface area contributed by atoms with Gasteiger partial charge in [-0.3, -0.25) is 4.79 Å². The van der Waals surface area contributed by atoms with Crippen molar-refractivity contribution in [2.75, 3.05) is 6.61 Å². The molecular formula is C21H20O11. The monoisotopic (exact) mass is 448 g/mol. The lowest BCUT2D eigenvalue weighted by Gasteiger charge is -2.40. The molecule has 0 spiro atoms. The highest BCUT2D eigenvalue weighted by Gasteiger charge is 2.46. The summed E-state index contributed by atoms with van der Waals surface area (Å²) < 4.78 is 11.2. The van der Waals surface area contributed by atoms with Crippen LogP contribution in [0.5, 0.6) is 23.0 Å². The number of hydrogen-bond acceptors (Lipinski definition) is 11. The van der Waals surface area contributed by atoms with Crippen molar-refractivity contribution in [1.29, 1.82) is 0 Å². The van der Waals surface area contributed by atoms with E-state index in [1.54, 1.807) is 0 Å². The van der Waals surface area contributed by atoms with Gasteiger partial charge in [-0.2, -0.15) is 0 Å². The molecule has 3 aromatic rings. The topological polar surface area (TPSA) is 201 Å². The summed E-state index contributed by atoms with van der Waals surface area (Å²) in [5.74, 6) is -2.28. The second kappa shape index (κ2) is 7.97. The average molecular weight is 448 g/mol. The summed E-state index contributed by atoms with van der Waals surface area (Å²) in [6.07, 6.45) is -8.07. The molecule has 1 saturated heterocycles. The van der Waals surface area contributed by atoms with Crippen LogP contribution >= 0.6 is 0 Å². The van der Waals surface area contributed by atoms with Crippen LogP contribution in [0.25, 0.3) is 22.3 Å². The Balaban J connectivity index is 1.97. The van der Waals surface area contributed by atoms with E-state index in [1.165, 1.54) is 6.07 Å². The van der Waals surface area contributed by atoms with Crippen molar-refractivity contribution in [2.24, 2.45) is 0 Å². The molecule has 0 bridgehead atoms. The fraction of sp³-hybridized carbons (Fsp3) is 0.286. The molecule has 8 N–H and O–H groups in total. The molecule has 1 fully saturated rings. The number of phenols is 4. The summed E-state index contributed by atoms with van der Waals surface area (Å²) >= 11 is 0. The molecule has 5 atom stereocenters. The van der Waals surface area contributed by atoms with Gasteiger partial charge in [0.15, 0.2) is 22.5 Å². The first kappa shape index (κ1) is 21.9. The van der Waals surface area contributed by atoms with Gasteiger partial charge in [0.2, 0.25) is 0 Å². The molecule has 4 rings (SSSR count). The van der Waals surface area contributed by atoms with Gasteiger partial charge in [-0.1, -0.05) is 0 Å². The van der Waals surface area contributed by atoms with Crippen LogP contribution in [-0.4, -0.2) is 71.9 Å². The van der Waals surface area contributed by atoms with Gasteiger partial charge in [-0.15, -0.1) is 0 Å². The summed E-state index contributed by atoms with van der Waals surface area (Å²) in [7, 11) is 0. The quantitative estimate of drug-likeness (QED) is 0.247. The molecule has 11 nitrogen and oxygen atoms in total. The Kier molecular flexibility index (Phi) is 5.44. The minimum Gasteiger partial charge on any atom is -0.507 e. The number of aliphatic hydroxyl groups excluding tert-OH is 4. The Hall–Kier alpha value is -3.35. The molecule has 11 heteroatoms. The largest absolute Gasteiger partial charge is 0.507 e. The van der Waals surface area contributed by atoms with Gasteiger partial charge < -0.3 is 50.0 Å². The molecule has 170 valence electrons. The van der Waals surface area contributed by atoms with Crippen LogP contribution in [0.2, 0.25) is 0 Å². The van der Waals surface area contributed by atoms with Crippen LogP contribution < -0.4 is 5.43 Å². The van der Waals surface area contributed by atoms with Gasteiger partial charge in [0.25, 0.3) is 0 Å². The van der Waals surface area contributed by atoms with Gasteiger partial charge in [0, 0.05) is 17.7 Å². The van der Waals surface area contributed by atoms with Crippen molar-refractivity contribution in [3.05, 3.63) is 46.1 Å². The first-order chi connectivity index (χ1) is 15.1. The van der Waals surface area contributed by atoms with Gasteiger partial charge in [0.1, 0.15) is 53.2 Å². The van der Waals surface area contributed by atoms with Gasteiger partial charge in [-0.05, 0) is 18.2 Å². The molecule has 1 aliphatic heterocycles. The third-order valence-electron chi connectivity index (χ3n) is 5.43. The number of benzene rings is 2. The molecule has 2 heterocycles. The third kappa shape index (κ3) is 3.42. The molecule has 0 amide bonds. The summed E-state index contributed by atoms with van der Waals surface area (Å²) in [6, 6.07) is 5.47. The second-order valence-electron chi connectivity index (χ2n) is 7.46. The van der Waals surface area contributed by atoms with E-state index in [1.807, 2.05) is 0 Å². The first-order valence-corrected chi connectivity index (χ1v) is 9.49. The maximum absolute atomic E-state index is 12.8. The lowest BCUT2D eigenvalue weighted by molar-refractivity contribution is -0.231. The minimum absolute atomic E-state index is 0.117. The highest BCUT2D eigenvalue weighted by atomic mass is 16.5. The van der Waals surface area contributed by atoms with E-state index in [2.05, 4.69) is 0 Å². The summed E-state index contributed by atoms with van der Waals surface area (Å²) in [5, 5.41) is 79.7. The minimum atomic E-state index is -1.79. The Morgan fingerprint density at radius 2 is 1.53 bits per heavy atom. The molecule has 2 aromatic carbocycles. The number of ether oxygens (including phenoxy) is 1. The van der Waals surface area contributed by atoms with Crippen molar-refractivity contribution in [1.82, 2.24) is 0 Å². The van der Waals surface area contributed by atoms with Crippen LogP contribution in [0, 0.1) is 0 Å². The first-order valence-electron chi connectivity index (χ1n) is 9.49. The fourth-order valence-electron chi connectivity index (χ4n) is 3.76. The predicted molar refractivity (Wildman–Crippen MR) is 107 cm³/mol. The molecule has 1 aromatic heterocycles. The van der Waals surface area contributed by atoms with Crippen molar-refractivity contribution in [2.45, 2.75) is 30.5 Å². The van der Waals surface area contributed by atoms with Crippen LogP contribution in [0.1, 0.15) is 11.7 Å². The average Bonchev–Trinajstić information content (AvgIpc) is 2.74. The summed E-state index contributed by atoms with van der Waals surface area (Å²) in [6.45, 7) is -0.722. The fourth-order valence-corrected chi connectivity index (χ4v) is 3.76. The van der Waals surface area contributed by atoms with Crippen LogP contribution in [-0.2, 0) is 4.74 Å². The Morgan fingerprint density at radius 3 is 2.19 bits per heavy atom. The number of aromatic hydroxyl groups is 4. The van der Waals surface area contributed by atoms with E-state index in [0.29, 0.717) is 0 Å². The maximum atomic E-state index is 12.8. The second-order valence-corrected chi connectivity index (χ2v) is 7.46. The van der Waals surface area contributed by atoms with Crippen LogP contribution in [0.15, 0.2) is 39.5 Å². The molecule has 3 unspecified atom stereocenters. The number of aliphatic hydroxyl groups is 4. The van der Waals surface area contributed by atoms with E-state index >= 15 is 0 Å². The zero-order valence-corrected chi connectivity index (χ0v) is 16.3. The zero-order valence-electron chi connectivity index (χ0n) is 16.3. The predicted octanol–water partition coefficient (Wildman–Crippen LogP) is -0.203. The summed E-state index contributed by atoms with van der Waals surface area (Å²) in [5.41, 5.74) is -1.27. The van der Waals surface area contributed by atoms with Crippen molar-refractivity contribution >= 4 is 11.0 Å². The normalized spacial score (nSPS) is 25.8. The Labute approximate surface area is 179 Å². The van der Waals surface area contributed by atoms with E-state index in [-0.39, 0.29) is 27.9 Å². The number of hydrogen-bond donors (Lipinski definition) is 8. The number of phenolic OH excluding ortho intramolecular Hbond substituents is 4. The third-order valence-corrected chi connectivity index (χ3v) is 5.43. The van der Waals surface area contributed by atoms with Crippen molar-refractivity contribution in [3.8, 4) is 34.3 Å². The Bertz CT molecular complexity index is 1230. The maximum Gasteiger partial charge on any atom is 0.197 e. The van der Waals surface area contributed by atoms with Crippen molar-refractivity contribution < 1.29 is 50.0 Å². The standard InChI is InChI=1S/C21H20O11/c22-6-14-17(28)18(29)19(30)21(32-14)16-11(26)4-10(25)15-12(27)5-13(31-20(15)16)7-1-2-8(23)9(24)3-7/h1-5,14,17-19,21-26,28-30H,6H2/t14?,17?,18-,19-,21?/m1/s1. The lowest BCUT2D eigenvalue weighted by Crippen LogP contribution is -2.55. The number of fused-ring (bicyclic) bond motifs is 1. The van der Waals surface area contributed by atoms with E-state index in [0.717, 1.165) is 24.3 Å². The summed E-state index contributed by atoms with van der Waals surface area (Å²) in [4.78, 5) is 12.8. The van der Waals surface area contributed by atoms with E-state index in [9.17, 15) is 45.6 Å². The molecular weight excluding hydrogens is 428 g/mol. The van der Waals surface area contributed by atoms with Gasteiger partial charge in [0.05, 0.1) is 12.2 Å². The van der Waals surface area contributed by atoms with Crippen molar-refractivity contribution in [3.63, 3.8) is 0 Å². The zero-order chi connectivity index (χ0) is 23.3. The highest BCUT2D eigenvalue weighted by molar-refractivity contribution is 5.89. The smallest absolute Gasteiger partial charge is 0.197 e. The Morgan fingerprint density at radius 1 is 0.812 bits per heavy atom. The van der Waals surface area contributed by atoms with Crippen LogP contribution in [0.3, 0.4) is 0 Å². The lowest BCUT2D eigenvalue weighted by atomic mass is 9.89. The van der Waals surface area contributed by atoms with E-state index in [4.69, 9.17) is 9.15 Å². The molecule has 1 aliphatic rings. The SMILES string of the molecule is O=c1cc(-c2ccc(O)c(O)c2)oc2c(C3OC(CO)C(O)[C@@H](O)[C@H]3O)c(O)cc(O)c12. The molecule has 0 saturated carbocycles. The number of rotatable bonds is 3. The van der Waals surface area contributed by atoms with Gasteiger partial charge >= 0.3 is 0 Å². The molecule has 0 aliphatic carbocycles. The van der Waals surface area contributed by atoms with E-state index < -0.39 is 65.6 Å². The van der Waals surface area contributed by atoms with Crippen LogP contribution in [0.4, 0.5) is 0 Å². The highest BCUT2D eigenvalue weighted by Crippen LogP contribution is 2.44. The molecule has 0 radical (unpaired) electrons. The molecule has 32 heavy (non-hydrogen) atoms.